The van der Waals surface area contributed by atoms with E-state index >= 15 is 0 Å². The lowest BCUT2D eigenvalue weighted by Crippen LogP contribution is -2.48. The minimum atomic E-state index is -0.540. The second kappa shape index (κ2) is 7.98. The molecule has 26 heavy (non-hydrogen) atoms. The minimum Gasteiger partial charge on any atom is -0.352 e. The van der Waals surface area contributed by atoms with Crippen LogP contribution in [0.5, 0.6) is 0 Å². The van der Waals surface area contributed by atoms with Crippen molar-refractivity contribution in [3.05, 3.63) is 64.6 Å². The van der Waals surface area contributed by atoms with Crippen molar-refractivity contribution in [1.82, 2.24) is 9.88 Å². The summed E-state index contributed by atoms with van der Waals surface area (Å²) in [5, 5.41) is 9.20. The zero-order chi connectivity index (χ0) is 18.5. The molecule has 1 amide bonds. The molecule has 1 saturated heterocycles. The van der Waals surface area contributed by atoms with Crippen LogP contribution < -0.4 is 4.90 Å². The first-order valence-electron chi connectivity index (χ1n) is 8.11. The van der Waals surface area contributed by atoms with Crippen molar-refractivity contribution in [2.24, 2.45) is 0 Å². The summed E-state index contributed by atoms with van der Waals surface area (Å²) in [6.07, 6.45) is 4.43. The molecule has 2 heterocycles. The summed E-state index contributed by atoms with van der Waals surface area (Å²) in [5.41, 5.74) is 0.792. The molecule has 1 fully saturated rings. The van der Waals surface area contributed by atoms with Gasteiger partial charge in [-0.1, -0.05) is 23.7 Å². The highest BCUT2D eigenvalue weighted by Gasteiger charge is 2.22. The lowest BCUT2D eigenvalue weighted by Gasteiger charge is -2.35. The molecule has 5 nitrogen and oxygen atoms in total. The van der Waals surface area contributed by atoms with Gasteiger partial charge in [0.1, 0.15) is 17.7 Å². The van der Waals surface area contributed by atoms with Crippen molar-refractivity contribution in [3.63, 3.8) is 0 Å². The summed E-state index contributed by atoms with van der Waals surface area (Å²) >= 11 is 5.74. The Morgan fingerprint density at radius 1 is 1.23 bits per heavy atom. The average Bonchev–Trinajstić information content (AvgIpc) is 2.69. The Bertz CT molecular complexity index is 885. The average molecular weight is 371 g/mol. The van der Waals surface area contributed by atoms with E-state index in [1.54, 1.807) is 35.4 Å². The number of carbonyl (C=O) groups is 1. The number of anilines is 1. The fourth-order valence-corrected chi connectivity index (χ4v) is 2.97. The molecule has 0 saturated carbocycles. The van der Waals surface area contributed by atoms with Crippen molar-refractivity contribution in [3.8, 4) is 6.07 Å². The highest BCUT2D eigenvalue weighted by atomic mass is 35.5. The van der Waals surface area contributed by atoms with Gasteiger partial charge in [-0.3, -0.25) is 4.79 Å². The molecule has 0 aliphatic carbocycles. The SMILES string of the molecule is N#Cc1cccnc1N1CCN(C(=O)/C=C/c2cccc(Cl)c2F)CC1. The van der Waals surface area contributed by atoms with E-state index in [4.69, 9.17) is 11.6 Å². The highest BCUT2D eigenvalue weighted by molar-refractivity contribution is 6.30. The maximum Gasteiger partial charge on any atom is 0.246 e. The van der Waals surface area contributed by atoms with Gasteiger partial charge in [0.05, 0.1) is 10.6 Å². The zero-order valence-electron chi connectivity index (χ0n) is 13.9. The van der Waals surface area contributed by atoms with Crippen LogP contribution in [0.25, 0.3) is 6.08 Å². The lowest BCUT2D eigenvalue weighted by atomic mass is 10.2. The zero-order valence-corrected chi connectivity index (χ0v) is 14.7. The van der Waals surface area contributed by atoms with Gasteiger partial charge >= 0.3 is 0 Å². The van der Waals surface area contributed by atoms with Gasteiger partial charge in [-0.15, -0.1) is 0 Å². The standard InChI is InChI=1S/C19H16ClFN4O/c20-16-5-1-3-14(18(16)21)6-7-17(26)24-9-11-25(12-10-24)19-15(13-22)4-2-8-23-19/h1-8H,9-12H2/b7-6+. The second-order valence-corrected chi connectivity index (χ2v) is 6.18. The molecule has 3 rings (SSSR count). The number of aromatic nitrogens is 1. The number of hydrogen-bond donors (Lipinski definition) is 0. The third-order valence-corrected chi connectivity index (χ3v) is 4.48. The fourth-order valence-electron chi connectivity index (χ4n) is 2.79. The largest absolute Gasteiger partial charge is 0.352 e. The Morgan fingerprint density at radius 2 is 2.00 bits per heavy atom. The molecule has 0 spiro atoms. The van der Waals surface area contributed by atoms with E-state index in [9.17, 15) is 14.4 Å². The van der Waals surface area contributed by atoms with Gasteiger partial charge in [0.15, 0.2) is 0 Å². The molecule has 132 valence electrons. The fraction of sp³-hybridized carbons (Fsp3) is 0.211. The number of nitrogens with zero attached hydrogens (tertiary/aromatic N) is 4. The summed E-state index contributed by atoms with van der Waals surface area (Å²) < 4.78 is 13.9. The van der Waals surface area contributed by atoms with Gasteiger partial charge in [-0.2, -0.15) is 5.26 Å². The number of pyridine rings is 1. The summed E-state index contributed by atoms with van der Waals surface area (Å²) in [6, 6.07) is 10.2. The van der Waals surface area contributed by atoms with Crippen LogP contribution in [-0.4, -0.2) is 42.0 Å². The molecule has 1 aromatic heterocycles. The number of carbonyl (C=O) groups excluding carboxylic acids is 1. The second-order valence-electron chi connectivity index (χ2n) is 5.78. The van der Waals surface area contributed by atoms with E-state index in [0.29, 0.717) is 37.6 Å². The Balaban J connectivity index is 1.63. The maximum atomic E-state index is 13.9. The molecular formula is C19H16ClFN4O. The third kappa shape index (κ3) is 3.84. The van der Waals surface area contributed by atoms with Crippen molar-refractivity contribution in [2.45, 2.75) is 0 Å². The monoisotopic (exact) mass is 370 g/mol. The number of benzene rings is 1. The number of rotatable bonds is 3. The molecule has 0 atom stereocenters. The predicted octanol–water partition coefficient (Wildman–Crippen LogP) is 3.11. The minimum absolute atomic E-state index is 0.0249. The lowest BCUT2D eigenvalue weighted by molar-refractivity contribution is -0.126. The van der Waals surface area contributed by atoms with E-state index in [1.807, 2.05) is 4.90 Å². The molecule has 1 aliphatic rings. The third-order valence-electron chi connectivity index (χ3n) is 4.18. The molecule has 0 N–H and O–H groups in total. The van der Waals surface area contributed by atoms with E-state index in [2.05, 4.69) is 11.1 Å². The maximum absolute atomic E-state index is 13.9. The van der Waals surface area contributed by atoms with Crippen LogP contribution in [0.1, 0.15) is 11.1 Å². The topological polar surface area (TPSA) is 60.2 Å². The van der Waals surface area contributed by atoms with Gasteiger partial charge in [0.2, 0.25) is 5.91 Å². The first-order valence-corrected chi connectivity index (χ1v) is 8.49. The molecule has 1 aromatic carbocycles. The van der Waals surface area contributed by atoms with Crippen LogP contribution in [0, 0.1) is 17.1 Å². The van der Waals surface area contributed by atoms with Gasteiger partial charge in [0.25, 0.3) is 0 Å². The predicted molar refractivity (Wildman–Crippen MR) is 98.2 cm³/mol. The van der Waals surface area contributed by atoms with Crippen LogP contribution >= 0.6 is 11.6 Å². The van der Waals surface area contributed by atoms with E-state index in [1.165, 1.54) is 18.2 Å². The number of halogens is 2. The molecular weight excluding hydrogens is 355 g/mol. The first-order chi connectivity index (χ1) is 12.6. The van der Waals surface area contributed by atoms with E-state index in [0.717, 1.165) is 0 Å². The Kier molecular flexibility index (Phi) is 5.49. The van der Waals surface area contributed by atoms with Crippen molar-refractivity contribution < 1.29 is 9.18 Å². The summed E-state index contributed by atoms with van der Waals surface area (Å²) in [4.78, 5) is 20.3. The Labute approximate surface area is 155 Å². The molecule has 0 radical (unpaired) electrons. The van der Waals surface area contributed by atoms with Gasteiger partial charge in [-0.25, -0.2) is 9.37 Å². The van der Waals surface area contributed by atoms with Gasteiger partial charge in [0, 0.05) is 44.0 Å². The van der Waals surface area contributed by atoms with Crippen molar-refractivity contribution in [1.29, 1.82) is 5.26 Å². The van der Waals surface area contributed by atoms with Crippen LogP contribution in [-0.2, 0) is 4.79 Å². The van der Waals surface area contributed by atoms with Crippen LogP contribution in [0.2, 0.25) is 5.02 Å². The van der Waals surface area contributed by atoms with Crippen molar-refractivity contribution in [2.75, 3.05) is 31.1 Å². The van der Waals surface area contributed by atoms with Crippen LogP contribution in [0.3, 0.4) is 0 Å². The highest BCUT2D eigenvalue weighted by Crippen LogP contribution is 2.20. The first kappa shape index (κ1) is 17.9. The number of hydrogen-bond acceptors (Lipinski definition) is 4. The summed E-state index contributed by atoms with van der Waals surface area (Å²) in [6.45, 7) is 2.17. The molecule has 7 heteroatoms. The number of nitriles is 1. The smallest absolute Gasteiger partial charge is 0.246 e. The Morgan fingerprint density at radius 3 is 2.73 bits per heavy atom. The summed E-state index contributed by atoms with van der Waals surface area (Å²) in [7, 11) is 0. The molecule has 1 aliphatic heterocycles. The van der Waals surface area contributed by atoms with Crippen LogP contribution in [0.4, 0.5) is 10.2 Å². The molecule has 0 unspecified atom stereocenters. The van der Waals surface area contributed by atoms with E-state index < -0.39 is 5.82 Å². The van der Waals surface area contributed by atoms with Gasteiger partial charge in [-0.05, 0) is 24.3 Å². The number of amides is 1. The van der Waals surface area contributed by atoms with Crippen molar-refractivity contribution >= 4 is 29.4 Å². The number of piperazine rings is 1. The Hall–Kier alpha value is -2.91. The molecule has 0 bridgehead atoms. The van der Waals surface area contributed by atoms with E-state index in [-0.39, 0.29) is 16.5 Å². The summed E-state index contributed by atoms with van der Waals surface area (Å²) in [5.74, 6) is -0.0913. The quantitative estimate of drug-likeness (QED) is 0.779. The van der Waals surface area contributed by atoms with Gasteiger partial charge < -0.3 is 9.80 Å². The molecule has 2 aromatic rings. The normalized spacial score (nSPS) is 14.5. The van der Waals surface area contributed by atoms with Crippen LogP contribution in [0.15, 0.2) is 42.6 Å².